The predicted octanol–water partition coefficient (Wildman–Crippen LogP) is 3.01. The average Bonchev–Trinajstić information content (AvgIpc) is 2.70. The Morgan fingerprint density at radius 2 is 2.07 bits per heavy atom. The van der Waals surface area contributed by atoms with Crippen molar-refractivity contribution in [3.05, 3.63) is 41.0 Å². The SMILES string of the molecule is N#Cc1ccc(-c2ccc(N)c(F)c2)s1. The first-order valence-corrected chi connectivity index (χ1v) is 5.07. The second kappa shape index (κ2) is 3.71. The van der Waals surface area contributed by atoms with E-state index in [1.54, 1.807) is 18.2 Å². The molecule has 0 fully saturated rings. The zero-order valence-corrected chi connectivity index (χ0v) is 8.51. The van der Waals surface area contributed by atoms with E-state index in [9.17, 15) is 4.39 Å². The van der Waals surface area contributed by atoms with Crippen LogP contribution in [0, 0.1) is 17.1 Å². The molecule has 1 aromatic carbocycles. The monoisotopic (exact) mass is 218 g/mol. The van der Waals surface area contributed by atoms with E-state index in [1.807, 2.05) is 6.07 Å². The van der Waals surface area contributed by atoms with Crippen LogP contribution in [0.4, 0.5) is 10.1 Å². The average molecular weight is 218 g/mol. The molecule has 1 aromatic heterocycles. The largest absolute Gasteiger partial charge is 0.396 e. The van der Waals surface area contributed by atoms with Gasteiger partial charge in [0.05, 0.1) is 5.69 Å². The lowest BCUT2D eigenvalue weighted by Gasteiger charge is -1.99. The summed E-state index contributed by atoms with van der Waals surface area (Å²) in [5, 5.41) is 8.66. The number of anilines is 1. The van der Waals surface area contributed by atoms with E-state index in [-0.39, 0.29) is 5.69 Å². The minimum Gasteiger partial charge on any atom is -0.396 e. The first kappa shape index (κ1) is 9.69. The van der Waals surface area contributed by atoms with Crippen LogP contribution in [0.1, 0.15) is 4.88 Å². The van der Waals surface area contributed by atoms with Gasteiger partial charge in [-0.25, -0.2) is 4.39 Å². The van der Waals surface area contributed by atoms with Gasteiger partial charge in [-0.05, 0) is 29.8 Å². The van der Waals surface area contributed by atoms with Gasteiger partial charge in [0, 0.05) is 4.88 Å². The van der Waals surface area contributed by atoms with E-state index in [1.165, 1.54) is 23.5 Å². The Morgan fingerprint density at radius 3 is 2.67 bits per heavy atom. The number of nitrogens with zero attached hydrogens (tertiary/aromatic N) is 1. The highest BCUT2D eigenvalue weighted by molar-refractivity contribution is 7.16. The standard InChI is InChI=1S/C11H7FN2S/c12-9-5-7(1-3-10(9)14)11-4-2-8(6-13)15-11/h1-5H,14H2. The molecule has 2 nitrogen and oxygen atoms in total. The minimum atomic E-state index is -0.431. The smallest absolute Gasteiger partial charge is 0.146 e. The number of thiophene rings is 1. The molecule has 0 aliphatic rings. The van der Waals surface area contributed by atoms with Crippen molar-refractivity contribution in [3.63, 3.8) is 0 Å². The number of hydrogen-bond donors (Lipinski definition) is 1. The summed E-state index contributed by atoms with van der Waals surface area (Å²) < 4.78 is 13.2. The van der Waals surface area contributed by atoms with Gasteiger partial charge in [-0.15, -0.1) is 11.3 Å². The molecular weight excluding hydrogens is 211 g/mol. The van der Waals surface area contributed by atoms with Gasteiger partial charge in [0.2, 0.25) is 0 Å². The molecular formula is C11H7FN2S. The molecule has 0 aliphatic heterocycles. The number of nitriles is 1. The normalized spacial score (nSPS) is 9.87. The molecule has 0 saturated carbocycles. The minimum absolute atomic E-state index is 0.135. The molecule has 2 aromatic rings. The van der Waals surface area contributed by atoms with Gasteiger partial charge in [-0.1, -0.05) is 6.07 Å². The van der Waals surface area contributed by atoms with Crippen molar-refractivity contribution in [2.24, 2.45) is 0 Å². The van der Waals surface area contributed by atoms with Crippen molar-refractivity contribution in [2.45, 2.75) is 0 Å². The van der Waals surface area contributed by atoms with Gasteiger partial charge in [0.1, 0.15) is 16.8 Å². The van der Waals surface area contributed by atoms with Crippen molar-refractivity contribution in [2.75, 3.05) is 5.73 Å². The molecule has 2 N–H and O–H groups in total. The van der Waals surface area contributed by atoms with Crippen LogP contribution in [0.5, 0.6) is 0 Å². The third-order valence-electron chi connectivity index (χ3n) is 2.00. The molecule has 74 valence electrons. The number of benzene rings is 1. The molecule has 0 aliphatic carbocycles. The van der Waals surface area contributed by atoms with Gasteiger partial charge >= 0.3 is 0 Å². The molecule has 0 saturated heterocycles. The van der Waals surface area contributed by atoms with Gasteiger partial charge in [0.15, 0.2) is 0 Å². The van der Waals surface area contributed by atoms with Crippen LogP contribution in [0.25, 0.3) is 10.4 Å². The first-order chi connectivity index (χ1) is 7.20. The highest BCUT2D eigenvalue weighted by atomic mass is 32.1. The van der Waals surface area contributed by atoms with Crippen LogP contribution >= 0.6 is 11.3 Å². The van der Waals surface area contributed by atoms with Gasteiger partial charge < -0.3 is 5.73 Å². The fourth-order valence-electron chi connectivity index (χ4n) is 1.23. The summed E-state index contributed by atoms with van der Waals surface area (Å²) in [4.78, 5) is 1.48. The molecule has 1 heterocycles. The zero-order chi connectivity index (χ0) is 10.8. The van der Waals surface area contributed by atoms with Crippen LogP contribution in [-0.2, 0) is 0 Å². The summed E-state index contributed by atoms with van der Waals surface area (Å²) >= 11 is 1.33. The van der Waals surface area contributed by atoms with Crippen molar-refractivity contribution < 1.29 is 4.39 Å². The molecule has 0 bridgehead atoms. The lowest BCUT2D eigenvalue weighted by Crippen LogP contribution is -1.89. The number of rotatable bonds is 1. The van der Waals surface area contributed by atoms with E-state index < -0.39 is 5.82 Å². The van der Waals surface area contributed by atoms with E-state index in [0.717, 1.165) is 10.4 Å². The van der Waals surface area contributed by atoms with Crippen molar-refractivity contribution >= 4 is 17.0 Å². The third kappa shape index (κ3) is 1.83. The van der Waals surface area contributed by atoms with Gasteiger partial charge in [0.25, 0.3) is 0 Å². The molecule has 0 amide bonds. The number of halogens is 1. The zero-order valence-electron chi connectivity index (χ0n) is 7.70. The van der Waals surface area contributed by atoms with Crippen LogP contribution in [0.3, 0.4) is 0 Å². The quantitative estimate of drug-likeness (QED) is 0.748. The topological polar surface area (TPSA) is 49.8 Å². The summed E-state index contributed by atoms with van der Waals surface area (Å²) in [5.74, 6) is -0.431. The number of hydrogen-bond acceptors (Lipinski definition) is 3. The molecule has 2 rings (SSSR count). The van der Waals surface area contributed by atoms with Crippen molar-refractivity contribution in [1.29, 1.82) is 5.26 Å². The molecule has 0 spiro atoms. The van der Waals surface area contributed by atoms with Crippen molar-refractivity contribution in [1.82, 2.24) is 0 Å². The number of nitrogens with two attached hydrogens (primary N) is 1. The maximum atomic E-state index is 13.2. The maximum absolute atomic E-state index is 13.2. The Morgan fingerprint density at radius 1 is 1.27 bits per heavy atom. The van der Waals surface area contributed by atoms with Crippen molar-refractivity contribution in [3.8, 4) is 16.5 Å². The lowest BCUT2D eigenvalue weighted by molar-refractivity contribution is 0.633. The predicted molar refractivity (Wildman–Crippen MR) is 58.8 cm³/mol. The molecule has 0 radical (unpaired) electrons. The Bertz CT molecular complexity index is 540. The third-order valence-corrected chi connectivity index (χ3v) is 3.04. The summed E-state index contributed by atoms with van der Waals surface area (Å²) in [6, 6.07) is 10.2. The summed E-state index contributed by atoms with van der Waals surface area (Å²) in [5.41, 5.74) is 6.25. The first-order valence-electron chi connectivity index (χ1n) is 4.26. The van der Waals surface area contributed by atoms with Crippen LogP contribution < -0.4 is 5.73 Å². The Hall–Kier alpha value is -1.86. The van der Waals surface area contributed by atoms with E-state index in [2.05, 4.69) is 0 Å². The number of nitrogen functional groups attached to an aromatic ring is 1. The Balaban J connectivity index is 2.46. The van der Waals surface area contributed by atoms with Gasteiger partial charge in [-0.3, -0.25) is 0 Å². The highest BCUT2D eigenvalue weighted by Crippen LogP contribution is 2.29. The molecule has 4 heteroatoms. The Labute approximate surface area is 90.4 Å². The molecule has 15 heavy (non-hydrogen) atoms. The highest BCUT2D eigenvalue weighted by Gasteiger charge is 2.05. The maximum Gasteiger partial charge on any atom is 0.146 e. The second-order valence-electron chi connectivity index (χ2n) is 3.01. The lowest BCUT2D eigenvalue weighted by atomic mass is 10.1. The van der Waals surface area contributed by atoms with E-state index in [0.29, 0.717) is 4.88 Å². The summed E-state index contributed by atoms with van der Waals surface area (Å²) in [7, 11) is 0. The fraction of sp³-hybridized carbons (Fsp3) is 0. The van der Waals surface area contributed by atoms with Crippen LogP contribution in [0.2, 0.25) is 0 Å². The fourth-order valence-corrected chi connectivity index (χ4v) is 2.03. The van der Waals surface area contributed by atoms with Gasteiger partial charge in [-0.2, -0.15) is 5.26 Å². The van der Waals surface area contributed by atoms with E-state index >= 15 is 0 Å². The summed E-state index contributed by atoms with van der Waals surface area (Å²) in [6.07, 6.45) is 0. The van der Waals surface area contributed by atoms with Crippen LogP contribution in [-0.4, -0.2) is 0 Å². The summed E-state index contributed by atoms with van der Waals surface area (Å²) in [6.45, 7) is 0. The Kier molecular flexibility index (Phi) is 2.40. The second-order valence-corrected chi connectivity index (χ2v) is 4.10. The molecule has 0 unspecified atom stereocenters. The molecule has 0 atom stereocenters. The van der Waals surface area contributed by atoms with Crippen LogP contribution in [0.15, 0.2) is 30.3 Å². The van der Waals surface area contributed by atoms with E-state index in [4.69, 9.17) is 11.0 Å².